The number of aliphatic hydroxyl groups excluding tert-OH is 1. The van der Waals surface area contributed by atoms with Gasteiger partial charge < -0.3 is 24.2 Å². The predicted molar refractivity (Wildman–Crippen MR) is 325 cm³/mol. The number of allylic oxidation sites excluding steroid dienone is 8. The van der Waals surface area contributed by atoms with Gasteiger partial charge in [0.05, 0.1) is 19.8 Å². The first-order chi connectivity index (χ1) is 38.2. The molecule has 0 saturated carbocycles. The number of unbranched alkanes of at least 4 members (excludes halogenated alkanes) is 36. The maximum absolute atomic E-state index is 13.0. The van der Waals surface area contributed by atoms with Gasteiger partial charge in [-0.2, -0.15) is 0 Å². The van der Waals surface area contributed by atoms with Crippen LogP contribution in [0.15, 0.2) is 48.6 Å². The second-order valence-electron chi connectivity index (χ2n) is 21.9. The van der Waals surface area contributed by atoms with Crippen LogP contribution in [0.5, 0.6) is 0 Å². The minimum atomic E-state index is -4.75. The van der Waals surface area contributed by atoms with Crippen LogP contribution >= 0.6 is 7.82 Å². The van der Waals surface area contributed by atoms with Crippen LogP contribution in [0.25, 0.3) is 0 Å². The molecule has 3 atom stereocenters. The average Bonchev–Trinajstić information content (AvgIpc) is 3.43. The molecular weight excluding hydrogens is 1000 g/mol. The van der Waals surface area contributed by atoms with Crippen LogP contribution < -0.4 is 0 Å². The van der Waals surface area contributed by atoms with Crippen molar-refractivity contribution in [3.8, 4) is 0 Å². The van der Waals surface area contributed by atoms with E-state index in [1.54, 1.807) is 0 Å². The smallest absolute Gasteiger partial charge is 0.462 e. The molecule has 0 aromatic heterocycles. The van der Waals surface area contributed by atoms with Gasteiger partial charge in [-0.25, -0.2) is 4.57 Å². The zero-order valence-corrected chi connectivity index (χ0v) is 51.5. The number of esters is 3. The monoisotopic (exact) mass is 1120 g/mol. The summed E-state index contributed by atoms with van der Waals surface area (Å²) in [7, 11) is -4.75. The Morgan fingerprint density at radius 2 is 0.628 bits per heavy atom. The van der Waals surface area contributed by atoms with E-state index in [4.69, 9.17) is 23.3 Å². The molecule has 0 saturated heterocycles. The summed E-state index contributed by atoms with van der Waals surface area (Å²) in [5, 5.41) is 9.85. The van der Waals surface area contributed by atoms with E-state index in [0.717, 1.165) is 109 Å². The average molecular weight is 1120 g/mol. The quantitative estimate of drug-likeness (QED) is 0.0197. The van der Waals surface area contributed by atoms with E-state index in [0.29, 0.717) is 19.3 Å². The Morgan fingerprint density at radius 3 is 1.00 bits per heavy atom. The number of hydrogen-bond donors (Lipinski definition) is 2. The van der Waals surface area contributed by atoms with E-state index < -0.39 is 57.8 Å². The SMILES string of the molecule is CCCCC/C=C\C/C=C\C/C=C\CCCCCCCCC(=O)OCC(COP(=O)(O)OCC(CO)OC(=O)CCCCCCC/C=C\CCCCCCCC)OC(=O)CCCCCCCCCCCCCCCCCCC. The van der Waals surface area contributed by atoms with E-state index in [9.17, 15) is 28.9 Å². The topological polar surface area (TPSA) is 155 Å². The van der Waals surface area contributed by atoms with Crippen LogP contribution in [0, 0.1) is 0 Å². The lowest BCUT2D eigenvalue weighted by atomic mass is 10.0. The van der Waals surface area contributed by atoms with Crippen molar-refractivity contribution in [3.63, 3.8) is 0 Å². The van der Waals surface area contributed by atoms with Crippen LogP contribution in [0.2, 0.25) is 0 Å². The molecular formula is C66H121O11P. The van der Waals surface area contributed by atoms with Gasteiger partial charge in [-0.1, -0.05) is 262 Å². The highest BCUT2D eigenvalue weighted by Crippen LogP contribution is 2.43. The molecule has 0 aromatic rings. The second kappa shape index (κ2) is 60.5. The summed E-state index contributed by atoms with van der Waals surface area (Å²) < 4.78 is 39.7. The molecule has 2 N–H and O–H groups in total. The number of rotatable bonds is 61. The van der Waals surface area contributed by atoms with Crippen molar-refractivity contribution in [2.24, 2.45) is 0 Å². The standard InChI is InChI=1S/C66H121O11P/c1-4-7-10-13-16-19-22-25-28-30-31-33-35-37-40-43-46-49-52-55-64(68)73-59-63(77-66(70)57-54-51-48-45-42-39-36-32-29-26-23-20-17-14-11-8-5-2)61-75-78(71,72)74-60-62(58-67)76-65(69)56-53-50-47-44-41-38-34-27-24-21-18-15-12-9-6-3/h16,19,25,27-28,31,33-34,62-63,67H,4-15,17-18,20-24,26,29-30,32,35-61H2,1-3H3,(H,71,72)/b19-16-,28-25-,33-31-,34-27-. The Bertz CT molecular complexity index is 1490. The summed E-state index contributed by atoms with van der Waals surface area (Å²) in [4.78, 5) is 48.7. The molecule has 0 aliphatic rings. The zero-order chi connectivity index (χ0) is 56.9. The van der Waals surface area contributed by atoms with E-state index in [-0.39, 0.29) is 25.9 Å². The number of phosphoric acid groups is 1. The number of phosphoric ester groups is 1. The van der Waals surface area contributed by atoms with Crippen LogP contribution in [0.3, 0.4) is 0 Å². The van der Waals surface area contributed by atoms with Crippen LogP contribution in [0.1, 0.15) is 316 Å². The Labute approximate surface area is 479 Å². The van der Waals surface area contributed by atoms with Gasteiger partial charge >= 0.3 is 25.7 Å². The summed E-state index contributed by atoms with van der Waals surface area (Å²) in [6.07, 6.45) is 66.3. The van der Waals surface area contributed by atoms with E-state index in [2.05, 4.69) is 69.4 Å². The van der Waals surface area contributed by atoms with E-state index in [1.807, 2.05) is 0 Å². The van der Waals surface area contributed by atoms with Gasteiger partial charge in [-0.05, 0) is 83.5 Å². The summed E-state index contributed by atoms with van der Waals surface area (Å²) in [6, 6.07) is 0. The minimum Gasteiger partial charge on any atom is -0.462 e. The number of ether oxygens (including phenoxy) is 3. The summed E-state index contributed by atoms with van der Waals surface area (Å²) in [5.74, 6) is -1.47. The third-order valence-corrected chi connectivity index (χ3v) is 15.2. The first-order valence-electron chi connectivity index (χ1n) is 32.5. The van der Waals surface area contributed by atoms with Gasteiger partial charge in [0.1, 0.15) is 12.7 Å². The third kappa shape index (κ3) is 58.1. The highest BCUT2D eigenvalue weighted by Gasteiger charge is 2.28. The first-order valence-corrected chi connectivity index (χ1v) is 34.0. The molecule has 0 aliphatic carbocycles. The Balaban J connectivity index is 4.70. The van der Waals surface area contributed by atoms with Crippen LogP contribution in [0.4, 0.5) is 0 Å². The molecule has 0 heterocycles. The highest BCUT2D eigenvalue weighted by molar-refractivity contribution is 7.47. The van der Waals surface area contributed by atoms with Gasteiger partial charge in [0.15, 0.2) is 6.10 Å². The van der Waals surface area contributed by atoms with Gasteiger partial charge in [0.2, 0.25) is 0 Å². The Kier molecular flexibility index (Phi) is 58.5. The molecule has 0 radical (unpaired) electrons. The molecule has 0 aromatic carbocycles. The molecule has 0 amide bonds. The highest BCUT2D eigenvalue weighted by atomic mass is 31.2. The van der Waals surface area contributed by atoms with Crippen molar-refractivity contribution in [1.29, 1.82) is 0 Å². The van der Waals surface area contributed by atoms with Gasteiger partial charge in [-0.3, -0.25) is 23.4 Å². The van der Waals surface area contributed by atoms with Crippen molar-refractivity contribution in [3.05, 3.63) is 48.6 Å². The fourth-order valence-electron chi connectivity index (χ4n) is 9.24. The van der Waals surface area contributed by atoms with Gasteiger partial charge in [0, 0.05) is 19.3 Å². The lowest BCUT2D eigenvalue weighted by molar-refractivity contribution is -0.161. The van der Waals surface area contributed by atoms with E-state index in [1.165, 1.54) is 148 Å². The molecule has 0 spiro atoms. The molecule has 12 heteroatoms. The van der Waals surface area contributed by atoms with Crippen LogP contribution in [-0.2, 0) is 42.2 Å². The van der Waals surface area contributed by atoms with Crippen molar-refractivity contribution in [1.82, 2.24) is 0 Å². The summed E-state index contributed by atoms with van der Waals surface area (Å²) in [5.41, 5.74) is 0. The van der Waals surface area contributed by atoms with Crippen LogP contribution in [-0.4, -0.2) is 66.5 Å². The molecule has 0 aliphatic heterocycles. The number of carbonyl (C=O) groups excluding carboxylic acids is 3. The lowest BCUT2D eigenvalue weighted by Crippen LogP contribution is -2.30. The summed E-state index contributed by atoms with van der Waals surface area (Å²) in [6.45, 7) is 4.65. The molecule has 0 fully saturated rings. The maximum Gasteiger partial charge on any atom is 0.472 e. The number of hydrogen-bond acceptors (Lipinski definition) is 10. The fourth-order valence-corrected chi connectivity index (χ4v) is 10.0. The van der Waals surface area contributed by atoms with Gasteiger partial charge in [-0.15, -0.1) is 0 Å². The molecule has 0 rings (SSSR count). The third-order valence-electron chi connectivity index (χ3n) is 14.2. The Hall–Kier alpha value is -2.56. The molecule has 11 nitrogen and oxygen atoms in total. The van der Waals surface area contributed by atoms with Crippen molar-refractivity contribution in [2.45, 2.75) is 328 Å². The fraction of sp³-hybridized carbons (Fsp3) is 0.833. The van der Waals surface area contributed by atoms with Crippen molar-refractivity contribution < 1.29 is 52.2 Å². The van der Waals surface area contributed by atoms with Crippen molar-refractivity contribution in [2.75, 3.05) is 26.4 Å². The largest absolute Gasteiger partial charge is 0.472 e. The summed E-state index contributed by atoms with van der Waals surface area (Å²) >= 11 is 0. The Morgan fingerprint density at radius 1 is 0.359 bits per heavy atom. The maximum atomic E-state index is 13.0. The lowest BCUT2D eigenvalue weighted by Gasteiger charge is -2.21. The molecule has 3 unspecified atom stereocenters. The van der Waals surface area contributed by atoms with Crippen molar-refractivity contribution >= 4 is 25.7 Å². The predicted octanol–water partition coefficient (Wildman–Crippen LogP) is 19.7. The normalized spacial score (nSPS) is 13.6. The second-order valence-corrected chi connectivity index (χ2v) is 23.4. The molecule has 0 bridgehead atoms. The van der Waals surface area contributed by atoms with E-state index >= 15 is 0 Å². The first kappa shape index (κ1) is 75.4. The minimum absolute atomic E-state index is 0.169. The zero-order valence-electron chi connectivity index (χ0n) is 50.6. The molecule has 78 heavy (non-hydrogen) atoms. The van der Waals surface area contributed by atoms with Gasteiger partial charge in [0.25, 0.3) is 0 Å². The molecule has 456 valence electrons. The number of aliphatic hydroxyl groups is 1. The number of carbonyl (C=O) groups is 3.